The Kier molecular flexibility index (Phi) is 4.35. The van der Waals surface area contributed by atoms with Crippen LogP contribution in [0.25, 0.3) is 0 Å². The maximum atomic E-state index is 11.6. The number of rotatable bonds is 4. The molecule has 0 amide bonds. The van der Waals surface area contributed by atoms with E-state index in [1.165, 1.54) is 0 Å². The maximum absolute atomic E-state index is 11.6. The van der Waals surface area contributed by atoms with Gasteiger partial charge < -0.3 is 14.2 Å². The maximum Gasteiger partial charge on any atom is 0.314 e. The minimum atomic E-state index is -0.422. The van der Waals surface area contributed by atoms with E-state index >= 15 is 0 Å². The van der Waals surface area contributed by atoms with Gasteiger partial charge in [0.15, 0.2) is 6.29 Å². The van der Waals surface area contributed by atoms with E-state index in [1.54, 1.807) is 6.92 Å². The first-order chi connectivity index (χ1) is 6.70. The zero-order valence-electron chi connectivity index (χ0n) is 8.99. The van der Waals surface area contributed by atoms with Crippen LogP contribution in [-0.2, 0) is 19.0 Å². The Bertz CT molecular complexity index is 191. The Balaban J connectivity index is 2.56. The van der Waals surface area contributed by atoms with Crippen molar-refractivity contribution < 1.29 is 19.0 Å². The first kappa shape index (κ1) is 11.5. The highest BCUT2D eigenvalue weighted by atomic mass is 16.7. The molecule has 3 atom stereocenters. The summed E-state index contributed by atoms with van der Waals surface area (Å²) >= 11 is 0. The van der Waals surface area contributed by atoms with Crippen LogP contribution < -0.4 is 0 Å². The fraction of sp³-hybridized carbons (Fsp3) is 0.900. The lowest BCUT2D eigenvalue weighted by molar-refractivity contribution is -0.168. The second-order valence-corrected chi connectivity index (χ2v) is 3.41. The van der Waals surface area contributed by atoms with E-state index in [-0.39, 0.29) is 17.8 Å². The zero-order chi connectivity index (χ0) is 10.6. The molecule has 0 spiro atoms. The van der Waals surface area contributed by atoms with Crippen LogP contribution in [-0.4, -0.2) is 32.1 Å². The van der Waals surface area contributed by atoms with Crippen molar-refractivity contribution in [3.63, 3.8) is 0 Å². The van der Waals surface area contributed by atoms with Crippen LogP contribution in [0.3, 0.4) is 0 Å². The Labute approximate surface area is 84.5 Å². The summed E-state index contributed by atoms with van der Waals surface area (Å²) < 4.78 is 15.7. The average molecular weight is 202 g/mol. The molecule has 0 aromatic rings. The highest BCUT2D eigenvalue weighted by Gasteiger charge is 2.41. The van der Waals surface area contributed by atoms with Gasteiger partial charge in [0.25, 0.3) is 0 Å². The molecule has 1 aliphatic rings. The summed E-state index contributed by atoms with van der Waals surface area (Å²) in [6, 6.07) is 0. The van der Waals surface area contributed by atoms with Gasteiger partial charge in [-0.15, -0.1) is 0 Å². The lowest BCUT2D eigenvalue weighted by Crippen LogP contribution is -2.31. The lowest BCUT2D eigenvalue weighted by Gasteiger charge is -2.18. The molecule has 1 saturated heterocycles. The Morgan fingerprint density at radius 2 is 2.14 bits per heavy atom. The molecule has 1 fully saturated rings. The van der Waals surface area contributed by atoms with Crippen LogP contribution in [0.5, 0.6) is 0 Å². The minimum Gasteiger partial charge on any atom is -0.466 e. The molecule has 0 aromatic heterocycles. The number of carbonyl (C=O) groups is 1. The zero-order valence-corrected chi connectivity index (χ0v) is 8.99. The monoisotopic (exact) mass is 202 g/mol. The number of hydrogen-bond donors (Lipinski definition) is 0. The van der Waals surface area contributed by atoms with Gasteiger partial charge in [-0.05, 0) is 19.8 Å². The van der Waals surface area contributed by atoms with Gasteiger partial charge in [0.2, 0.25) is 0 Å². The van der Waals surface area contributed by atoms with Gasteiger partial charge in [-0.1, -0.05) is 6.92 Å². The molecule has 0 bridgehead atoms. The normalized spacial score (nSPS) is 31.8. The first-order valence-electron chi connectivity index (χ1n) is 5.10. The number of esters is 1. The van der Waals surface area contributed by atoms with E-state index < -0.39 is 6.29 Å². The molecule has 0 aromatic carbocycles. The predicted octanol–water partition coefficient (Wildman–Crippen LogP) is 1.19. The number of carbonyl (C=O) groups excluding carboxylic acids is 1. The van der Waals surface area contributed by atoms with Gasteiger partial charge in [-0.25, -0.2) is 0 Å². The highest BCUT2D eigenvalue weighted by Crippen LogP contribution is 2.28. The summed E-state index contributed by atoms with van der Waals surface area (Å²) in [7, 11) is 0. The van der Waals surface area contributed by atoms with Crippen molar-refractivity contribution in [3.05, 3.63) is 0 Å². The van der Waals surface area contributed by atoms with Crippen molar-refractivity contribution in [2.45, 2.75) is 27.1 Å². The summed E-state index contributed by atoms with van der Waals surface area (Å²) in [5.41, 5.74) is 0. The van der Waals surface area contributed by atoms with E-state index in [2.05, 4.69) is 0 Å². The van der Waals surface area contributed by atoms with Gasteiger partial charge in [-0.2, -0.15) is 0 Å². The molecule has 0 unspecified atom stereocenters. The molecule has 1 rings (SSSR count). The molecule has 1 heterocycles. The lowest BCUT2D eigenvalue weighted by atomic mass is 9.97. The molecular weight excluding hydrogens is 184 g/mol. The largest absolute Gasteiger partial charge is 0.466 e. The van der Waals surface area contributed by atoms with Gasteiger partial charge in [0.05, 0.1) is 13.2 Å². The van der Waals surface area contributed by atoms with E-state index in [4.69, 9.17) is 14.2 Å². The Morgan fingerprint density at radius 3 is 2.71 bits per heavy atom. The molecule has 4 nitrogen and oxygen atoms in total. The molecular formula is C10H18O4. The van der Waals surface area contributed by atoms with Crippen LogP contribution in [0.15, 0.2) is 0 Å². The van der Waals surface area contributed by atoms with Crippen LogP contribution in [0.2, 0.25) is 0 Å². The second-order valence-electron chi connectivity index (χ2n) is 3.41. The van der Waals surface area contributed by atoms with Gasteiger partial charge in [-0.3, -0.25) is 4.79 Å². The van der Waals surface area contributed by atoms with Crippen LogP contribution in [0, 0.1) is 11.8 Å². The fourth-order valence-corrected chi connectivity index (χ4v) is 1.62. The number of hydrogen-bond acceptors (Lipinski definition) is 4. The van der Waals surface area contributed by atoms with Crippen molar-refractivity contribution in [3.8, 4) is 0 Å². The minimum absolute atomic E-state index is 0.172. The Morgan fingerprint density at radius 1 is 1.43 bits per heavy atom. The summed E-state index contributed by atoms with van der Waals surface area (Å²) in [4.78, 5) is 11.6. The molecule has 4 heteroatoms. The van der Waals surface area contributed by atoms with Crippen molar-refractivity contribution in [2.75, 3.05) is 19.8 Å². The molecule has 14 heavy (non-hydrogen) atoms. The summed E-state index contributed by atoms with van der Waals surface area (Å²) in [6.45, 7) is 7.17. The molecule has 0 saturated carbocycles. The third kappa shape index (κ3) is 2.45. The topological polar surface area (TPSA) is 44.8 Å². The van der Waals surface area contributed by atoms with Crippen LogP contribution >= 0.6 is 0 Å². The Hall–Kier alpha value is -0.610. The van der Waals surface area contributed by atoms with E-state index in [1.807, 2.05) is 13.8 Å². The van der Waals surface area contributed by atoms with Gasteiger partial charge in [0, 0.05) is 6.61 Å². The van der Waals surface area contributed by atoms with Crippen molar-refractivity contribution in [2.24, 2.45) is 11.8 Å². The second kappa shape index (κ2) is 5.32. The van der Waals surface area contributed by atoms with Crippen LogP contribution in [0.4, 0.5) is 0 Å². The SMILES string of the molecule is CCOC(=O)[C@H]1[C@H](OCC)OC[C@@H]1C. The number of ether oxygens (including phenoxy) is 3. The third-order valence-electron chi connectivity index (χ3n) is 2.32. The highest BCUT2D eigenvalue weighted by molar-refractivity contribution is 5.73. The third-order valence-corrected chi connectivity index (χ3v) is 2.32. The van der Waals surface area contributed by atoms with Crippen molar-refractivity contribution in [1.82, 2.24) is 0 Å². The molecule has 0 aliphatic carbocycles. The standard InChI is InChI=1S/C10H18O4/c1-4-12-9(11)8-7(3)6-14-10(8)13-5-2/h7-8,10H,4-6H2,1-3H3/t7-,8-,10+/m0/s1. The van der Waals surface area contributed by atoms with E-state index in [0.29, 0.717) is 19.8 Å². The summed E-state index contributed by atoms with van der Waals surface area (Å²) in [5.74, 6) is -0.309. The molecule has 0 N–H and O–H groups in total. The van der Waals surface area contributed by atoms with E-state index in [0.717, 1.165) is 0 Å². The van der Waals surface area contributed by atoms with E-state index in [9.17, 15) is 4.79 Å². The summed E-state index contributed by atoms with van der Waals surface area (Å²) in [6.07, 6.45) is -0.422. The molecule has 1 aliphatic heterocycles. The summed E-state index contributed by atoms with van der Waals surface area (Å²) in [5, 5.41) is 0. The van der Waals surface area contributed by atoms with Gasteiger partial charge >= 0.3 is 5.97 Å². The van der Waals surface area contributed by atoms with Crippen molar-refractivity contribution in [1.29, 1.82) is 0 Å². The first-order valence-corrected chi connectivity index (χ1v) is 5.10. The van der Waals surface area contributed by atoms with Crippen molar-refractivity contribution >= 4 is 5.97 Å². The van der Waals surface area contributed by atoms with Gasteiger partial charge in [0.1, 0.15) is 5.92 Å². The molecule has 0 radical (unpaired) electrons. The smallest absolute Gasteiger partial charge is 0.314 e. The molecule has 82 valence electrons. The quantitative estimate of drug-likeness (QED) is 0.642. The average Bonchev–Trinajstić information content (AvgIpc) is 2.48. The fourth-order valence-electron chi connectivity index (χ4n) is 1.62. The predicted molar refractivity (Wildman–Crippen MR) is 50.7 cm³/mol. The van der Waals surface area contributed by atoms with Crippen LogP contribution in [0.1, 0.15) is 20.8 Å².